The Kier molecular flexibility index (Phi) is 6.65. The Hall–Kier alpha value is -2.53. The van der Waals surface area contributed by atoms with Gasteiger partial charge in [0.1, 0.15) is 23.8 Å². The van der Waals surface area contributed by atoms with Crippen molar-refractivity contribution in [3.8, 4) is 5.75 Å². The molecule has 3 N–H and O–H groups in total. The van der Waals surface area contributed by atoms with E-state index >= 15 is 0 Å². The molecule has 1 fully saturated rings. The minimum absolute atomic E-state index is 0.0420. The molecular formula is C21H25FN2O6S. The second-order valence-electron chi connectivity index (χ2n) is 7.72. The maximum absolute atomic E-state index is 13.2. The Bertz CT molecular complexity index is 1060. The average Bonchev–Trinajstić information content (AvgIpc) is 2.73. The lowest BCUT2D eigenvalue weighted by Crippen LogP contribution is -2.62. The van der Waals surface area contributed by atoms with E-state index in [1.54, 1.807) is 13.0 Å². The molecule has 0 unspecified atom stereocenters. The summed E-state index contributed by atoms with van der Waals surface area (Å²) in [6.07, 6.45) is 0.733. The van der Waals surface area contributed by atoms with E-state index in [0.29, 0.717) is 18.6 Å². The molecule has 8 nitrogen and oxygen atoms in total. The Morgan fingerprint density at radius 1 is 1.29 bits per heavy atom. The molecule has 0 aliphatic carbocycles. The van der Waals surface area contributed by atoms with Gasteiger partial charge in [-0.3, -0.25) is 9.63 Å². The first-order chi connectivity index (χ1) is 14.6. The SMILES string of the molecule is Cc1cc(F)ccc1COc1ccc(S(=O)(=O)N2CCC[C@@](C)(ON)[C@@H]2C(=O)O)cc1. The highest BCUT2D eigenvalue weighted by atomic mass is 32.2. The number of carboxylic acid groups (broad SMARTS) is 1. The van der Waals surface area contributed by atoms with Crippen molar-refractivity contribution in [1.82, 2.24) is 4.31 Å². The van der Waals surface area contributed by atoms with E-state index < -0.39 is 27.6 Å². The third kappa shape index (κ3) is 4.72. The van der Waals surface area contributed by atoms with Gasteiger partial charge in [0, 0.05) is 6.54 Å². The van der Waals surface area contributed by atoms with Crippen LogP contribution in [0.2, 0.25) is 0 Å². The summed E-state index contributed by atoms with van der Waals surface area (Å²) < 4.78 is 46.1. The molecular weight excluding hydrogens is 427 g/mol. The number of aliphatic carboxylic acids is 1. The number of rotatable bonds is 7. The second-order valence-corrected chi connectivity index (χ2v) is 9.61. The zero-order chi connectivity index (χ0) is 22.8. The number of sulfonamides is 1. The fraction of sp³-hybridized carbons (Fsp3) is 0.381. The van der Waals surface area contributed by atoms with E-state index in [4.69, 9.17) is 15.5 Å². The van der Waals surface area contributed by atoms with Gasteiger partial charge in [0.2, 0.25) is 10.0 Å². The fourth-order valence-corrected chi connectivity index (χ4v) is 5.46. The summed E-state index contributed by atoms with van der Waals surface area (Å²) in [5.74, 6) is 4.07. The number of halogens is 1. The minimum Gasteiger partial charge on any atom is -0.489 e. The van der Waals surface area contributed by atoms with Crippen molar-refractivity contribution in [2.24, 2.45) is 5.90 Å². The molecule has 31 heavy (non-hydrogen) atoms. The summed E-state index contributed by atoms with van der Waals surface area (Å²) in [5.41, 5.74) is 0.207. The van der Waals surface area contributed by atoms with Crippen LogP contribution in [-0.2, 0) is 26.3 Å². The predicted molar refractivity (Wildman–Crippen MR) is 110 cm³/mol. The van der Waals surface area contributed by atoms with Crippen molar-refractivity contribution in [3.63, 3.8) is 0 Å². The van der Waals surface area contributed by atoms with Gasteiger partial charge in [0.25, 0.3) is 0 Å². The molecule has 1 aliphatic rings. The third-order valence-electron chi connectivity index (χ3n) is 5.55. The number of aryl methyl sites for hydroxylation is 1. The van der Waals surface area contributed by atoms with Crippen LogP contribution in [0.15, 0.2) is 47.4 Å². The molecule has 1 heterocycles. The van der Waals surface area contributed by atoms with Crippen molar-refractivity contribution in [3.05, 3.63) is 59.4 Å². The van der Waals surface area contributed by atoms with E-state index in [0.717, 1.165) is 15.4 Å². The van der Waals surface area contributed by atoms with Gasteiger partial charge in [-0.05, 0) is 74.2 Å². The Labute approximate surface area is 180 Å². The van der Waals surface area contributed by atoms with Gasteiger partial charge in [-0.15, -0.1) is 0 Å². The van der Waals surface area contributed by atoms with Crippen LogP contribution < -0.4 is 10.6 Å². The predicted octanol–water partition coefficient (Wildman–Crippen LogP) is 2.60. The summed E-state index contributed by atoms with van der Waals surface area (Å²) in [7, 11) is -4.11. The standard InChI is InChI=1S/C21H25FN2O6S/c1-14-12-16(22)5-4-15(14)13-29-17-6-8-18(9-7-17)31(27,28)24-11-3-10-21(2,30-23)19(24)20(25)26/h4-9,12,19H,3,10-11,13,23H2,1-2H3,(H,25,26)/t19-,21+/m0/s1. The van der Waals surface area contributed by atoms with Crippen LogP contribution in [0.25, 0.3) is 0 Å². The summed E-state index contributed by atoms with van der Waals surface area (Å²) in [6.45, 7) is 3.49. The van der Waals surface area contributed by atoms with Gasteiger partial charge in [-0.25, -0.2) is 18.7 Å². The van der Waals surface area contributed by atoms with Crippen LogP contribution in [0, 0.1) is 12.7 Å². The van der Waals surface area contributed by atoms with Crippen LogP contribution >= 0.6 is 0 Å². The number of hydrogen-bond donors (Lipinski definition) is 2. The monoisotopic (exact) mass is 452 g/mol. The topological polar surface area (TPSA) is 119 Å². The fourth-order valence-electron chi connectivity index (χ4n) is 3.75. The lowest BCUT2D eigenvalue weighted by atomic mass is 9.87. The molecule has 0 spiro atoms. The molecule has 0 radical (unpaired) electrons. The Morgan fingerprint density at radius 2 is 1.97 bits per heavy atom. The summed E-state index contributed by atoms with van der Waals surface area (Å²) in [5, 5.41) is 9.66. The highest BCUT2D eigenvalue weighted by Gasteiger charge is 2.51. The first kappa shape index (κ1) is 23.1. The van der Waals surface area contributed by atoms with Crippen molar-refractivity contribution in [1.29, 1.82) is 0 Å². The second kappa shape index (κ2) is 8.91. The number of piperidine rings is 1. The molecule has 0 saturated carbocycles. The number of nitrogens with two attached hydrogens (primary N) is 1. The van der Waals surface area contributed by atoms with E-state index in [9.17, 15) is 22.7 Å². The number of carboxylic acids is 1. The highest BCUT2D eigenvalue weighted by molar-refractivity contribution is 7.89. The van der Waals surface area contributed by atoms with E-state index in [-0.39, 0.29) is 23.9 Å². The highest BCUT2D eigenvalue weighted by Crippen LogP contribution is 2.34. The molecule has 10 heteroatoms. The lowest BCUT2D eigenvalue weighted by molar-refractivity contribution is -0.161. The summed E-state index contributed by atoms with van der Waals surface area (Å²) in [6, 6.07) is 8.62. The summed E-state index contributed by atoms with van der Waals surface area (Å²) in [4.78, 5) is 16.7. The van der Waals surface area contributed by atoms with E-state index in [2.05, 4.69) is 0 Å². The largest absolute Gasteiger partial charge is 0.489 e. The normalized spacial score (nSPS) is 22.3. The number of carbonyl (C=O) groups is 1. The van der Waals surface area contributed by atoms with Gasteiger partial charge in [0.15, 0.2) is 6.04 Å². The van der Waals surface area contributed by atoms with Gasteiger partial charge >= 0.3 is 5.97 Å². The molecule has 1 aliphatic heterocycles. The molecule has 0 bridgehead atoms. The van der Waals surface area contributed by atoms with Crippen LogP contribution in [0.3, 0.4) is 0 Å². The number of nitrogens with zero attached hydrogens (tertiary/aromatic N) is 1. The van der Waals surface area contributed by atoms with Crippen LogP contribution in [0.1, 0.15) is 30.9 Å². The Balaban J connectivity index is 1.79. The molecule has 0 aromatic heterocycles. The minimum atomic E-state index is -4.11. The average molecular weight is 453 g/mol. The molecule has 2 aromatic carbocycles. The first-order valence-electron chi connectivity index (χ1n) is 9.69. The van der Waals surface area contributed by atoms with Crippen molar-refractivity contribution in [2.45, 2.75) is 49.8 Å². The Morgan fingerprint density at radius 3 is 2.55 bits per heavy atom. The molecule has 3 rings (SSSR count). The maximum atomic E-state index is 13.2. The van der Waals surface area contributed by atoms with Crippen molar-refractivity contribution in [2.75, 3.05) is 6.54 Å². The molecule has 0 amide bonds. The number of benzene rings is 2. The van der Waals surface area contributed by atoms with Gasteiger partial charge < -0.3 is 9.84 Å². The van der Waals surface area contributed by atoms with E-state index in [1.807, 2.05) is 0 Å². The van der Waals surface area contributed by atoms with Crippen LogP contribution in [-0.4, -0.2) is 42.0 Å². The zero-order valence-electron chi connectivity index (χ0n) is 17.2. The first-order valence-corrected chi connectivity index (χ1v) is 11.1. The quantitative estimate of drug-likeness (QED) is 0.620. The summed E-state index contributed by atoms with van der Waals surface area (Å²) >= 11 is 0. The van der Waals surface area contributed by atoms with Gasteiger partial charge in [-0.2, -0.15) is 4.31 Å². The van der Waals surface area contributed by atoms with Crippen molar-refractivity contribution >= 4 is 16.0 Å². The van der Waals surface area contributed by atoms with Gasteiger partial charge in [-0.1, -0.05) is 6.07 Å². The van der Waals surface area contributed by atoms with Crippen LogP contribution in [0.5, 0.6) is 5.75 Å². The molecule has 168 valence electrons. The smallest absolute Gasteiger partial charge is 0.325 e. The molecule has 2 atom stereocenters. The number of ether oxygens (including phenoxy) is 1. The van der Waals surface area contributed by atoms with E-state index in [1.165, 1.54) is 43.3 Å². The van der Waals surface area contributed by atoms with Gasteiger partial charge in [0.05, 0.1) is 4.90 Å². The third-order valence-corrected chi connectivity index (χ3v) is 7.43. The van der Waals surface area contributed by atoms with Crippen molar-refractivity contribution < 1.29 is 32.3 Å². The number of hydrogen-bond acceptors (Lipinski definition) is 6. The molecule has 1 saturated heterocycles. The maximum Gasteiger partial charge on any atom is 0.325 e. The molecule has 2 aromatic rings. The zero-order valence-corrected chi connectivity index (χ0v) is 18.1. The van der Waals surface area contributed by atoms with Crippen LogP contribution in [0.4, 0.5) is 4.39 Å². The lowest BCUT2D eigenvalue weighted by Gasteiger charge is -2.43.